The van der Waals surface area contributed by atoms with E-state index in [-0.39, 0.29) is 0 Å². The average molecular weight is 153 g/mol. The molecule has 0 aliphatic rings. The minimum absolute atomic E-state index is 0.600. The molecule has 0 radical (unpaired) electrons. The molecule has 1 unspecified atom stereocenters. The van der Waals surface area contributed by atoms with Crippen molar-refractivity contribution in [3.8, 4) is 0 Å². The lowest BCUT2D eigenvalue weighted by atomic mass is 10.0. The van der Waals surface area contributed by atoms with Crippen molar-refractivity contribution in [3.63, 3.8) is 0 Å². The highest BCUT2D eigenvalue weighted by atomic mass is 14.7. The summed E-state index contributed by atoms with van der Waals surface area (Å²) < 4.78 is 0. The lowest BCUT2D eigenvalue weighted by Crippen LogP contribution is -2.06. The van der Waals surface area contributed by atoms with Crippen LogP contribution >= 0.6 is 0 Å². The molecule has 0 rings (SSSR count). The summed E-state index contributed by atoms with van der Waals surface area (Å²) in [6.07, 6.45) is 6.55. The quantitative estimate of drug-likeness (QED) is 0.550. The molecule has 11 heavy (non-hydrogen) atoms. The summed E-state index contributed by atoms with van der Waals surface area (Å²) in [6, 6.07) is 0. The number of nitrogens with zero attached hydrogens (tertiary/aromatic N) is 1. The third-order valence-electron chi connectivity index (χ3n) is 1.90. The van der Waals surface area contributed by atoms with Gasteiger partial charge in [-0.1, -0.05) is 26.8 Å². The monoisotopic (exact) mass is 153 g/mol. The van der Waals surface area contributed by atoms with Crippen molar-refractivity contribution in [2.75, 3.05) is 7.05 Å². The molecule has 0 saturated carbocycles. The largest absolute Gasteiger partial charge is 0.293 e. The van der Waals surface area contributed by atoms with Crippen LogP contribution in [0.4, 0.5) is 0 Å². The molecule has 0 amide bonds. The zero-order valence-electron chi connectivity index (χ0n) is 8.09. The van der Waals surface area contributed by atoms with E-state index in [0.717, 1.165) is 6.42 Å². The van der Waals surface area contributed by atoms with Crippen molar-refractivity contribution >= 4 is 5.71 Å². The lowest BCUT2D eigenvalue weighted by molar-refractivity contribution is 0.741. The summed E-state index contributed by atoms with van der Waals surface area (Å²) in [5.41, 5.74) is 1.22. The molecule has 0 spiro atoms. The average Bonchev–Trinajstić information content (AvgIpc) is 2.05. The smallest absolute Gasteiger partial charge is 0.0369 e. The van der Waals surface area contributed by atoms with Gasteiger partial charge >= 0.3 is 0 Å². The molecule has 0 bridgehead atoms. The Morgan fingerprint density at radius 2 is 2.09 bits per heavy atom. The zero-order valence-corrected chi connectivity index (χ0v) is 8.09. The van der Waals surface area contributed by atoms with E-state index in [1.165, 1.54) is 12.1 Å². The van der Waals surface area contributed by atoms with E-state index in [2.05, 4.69) is 37.9 Å². The van der Waals surface area contributed by atoms with Crippen molar-refractivity contribution in [2.45, 2.75) is 33.6 Å². The Morgan fingerprint density at radius 1 is 1.45 bits per heavy atom. The van der Waals surface area contributed by atoms with Gasteiger partial charge in [0.15, 0.2) is 0 Å². The number of hydrogen-bond donors (Lipinski definition) is 0. The highest BCUT2D eigenvalue weighted by molar-refractivity contribution is 5.96. The molecule has 0 N–H and O–H groups in total. The molecule has 1 heteroatoms. The topological polar surface area (TPSA) is 12.4 Å². The first-order valence-electron chi connectivity index (χ1n) is 4.39. The summed E-state index contributed by atoms with van der Waals surface area (Å²) in [5, 5.41) is 0. The maximum Gasteiger partial charge on any atom is 0.0369 e. The molecule has 0 aromatic heterocycles. The molecule has 0 aromatic rings. The molecule has 0 aliphatic carbocycles. The van der Waals surface area contributed by atoms with Crippen LogP contribution in [0.1, 0.15) is 33.6 Å². The Labute approximate surface area is 70.2 Å². The van der Waals surface area contributed by atoms with Crippen LogP contribution in [0.2, 0.25) is 0 Å². The number of aliphatic imine (C=N–C) groups is 1. The lowest BCUT2D eigenvalue weighted by Gasteiger charge is -2.06. The maximum atomic E-state index is 4.23. The molecule has 64 valence electrons. The van der Waals surface area contributed by atoms with Gasteiger partial charge in [-0.3, -0.25) is 4.99 Å². The Balaban J connectivity index is 4.07. The van der Waals surface area contributed by atoms with E-state index < -0.39 is 0 Å². The van der Waals surface area contributed by atoms with Crippen molar-refractivity contribution in [3.05, 3.63) is 12.2 Å². The summed E-state index contributed by atoms with van der Waals surface area (Å²) >= 11 is 0. The number of hydrogen-bond acceptors (Lipinski definition) is 1. The van der Waals surface area contributed by atoms with Crippen LogP contribution in [0, 0.1) is 5.92 Å². The van der Waals surface area contributed by atoms with Crippen molar-refractivity contribution in [1.29, 1.82) is 0 Å². The highest BCUT2D eigenvalue weighted by Crippen LogP contribution is 2.05. The van der Waals surface area contributed by atoms with Gasteiger partial charge in [-0.15, -0.1) is 0 Å². The molecule has 0 aromatic carbocycles. The van der Waals surface area contributed by atoms with E-state index >= 15 is 0 Å². The fraction of sp³-hybridized carbons (Fsp3) is 0.700. The summed E-state index contributed by atoms with van der Waals surface area (Å²) in [4.78, 5) is 4.23. The first kappa shape index (κ1) is 10.4. The molecular weight excluding hydrogens is 134 g/mol. The van der Waals surface area contributed by atoms with Crippen LogP contribution in [0.3, 0.4) is 0 Å². The predicted molar refractivity (Wildman–Crippen MR) is 52.2 cm³/mol. The van der Waals surface area contributed by atoms with Crippen LogP contribution in [-0.4, -0.2) is 12.8 Å². The Bertz CT molecular complexity index is 145. The van der Waals surface area contributed by atoms with E-state index in [4.69, 9.17) is 0 Å². The summed E-state index contributed by atoms with van der Waals surface area (Å²) in [6.45, 7) is 6.54. The van der Waals surface area contributed by atoms with Crippen LogP contribution in [-0.2, 0) is 0 Å². The Morgan fingerprint density at radius 3 is 2.45 bits per heavy atom. The van der Waals surface area contributed by atoms with Gasteiger partial charge in [-0.05, 0) is 24.8 Å². The minimum atomic E-state index is 0.600. The Hall–Kier alpha value is -0.590. The van der Waals surface area contributed by atoms with Gasteiger partial charge in [0.05, 0.1) is 0 Å². The third kappa shape index (κ3) is 3.97. The van der Waals surface area contributed by atoms with Gasteiger partial charge in [-0.25, -0.2) is 0 Å². The second-order valence-corrected chi connectivity index (χ2v) is 2.77. The molecule has 1 atom stereocenters. The van der Waals surface area contributed by atoms with Crippen molar-refractivity contribution in [2.24, 2.45) is 10.9 Å². The fourth-order valence-electron chi connectivity index (χ4n) is 0.907. The molecule has 1 nitrogen and oxygen atoms in total. The van der Waals surface area contributed by atoms with E-state index in [1.54, 1.807) is 0 Å². The summed E-state index contributed by atoms with van der Waals surface area (Å²) in [5.74, 6) is 0.600. The van der Waals surface area contributed by atoms with Gasteiger partial charge in [-0.2, -0.15) is 0 Å². The predicted octanol–water partition coefficient (Wildman–Crippen LogP) is 3.07. The molecule has 0 heterocycles. The first-order chi connectivity index (χ1) is 5.26. The third-order valence-corrected chi connectivity index (χ3v) is 1.90. The van der Waals surface area contributed by atoms with Crippen LogP contribution < -0.4 is 0 Å². The van der Waals surface area contributed by atoms with Gasteiger partial charge in [0.2, 0.25) is 0 Å². The molecular formula is C10H19N. The van der Waals surface area contributed by atoms with Gasteiger partial charge in [0.1, 0.15) is 0 Å². The normalized spacial score (nSPS) is 15.8. The first-order valence-corrected chi connectivity index (χ1v) is 4.39. The highest BCUT2D eigenvalue weighted by Gasteiger charge is 2.02. The second kappa shape index (κ2) is 6.14. The van der Waals surface area contributed by atoms with E-state index in [0.29, 0.717) is 5.92 Å². The van der Waals surface area contributed by atoms with Gasteiger partial charge in [0.25, 0.3) is 0 Å². The maximum absolute atomic E-state index is 4.23. The molecule has 0 saturated heterocycles. The van der Waals surface area contributed by atoms with Crippen LogP contribution in [0.25, 0.3) is 0 Å². The van der Waals surface area contributed by atoms with Gasteiger partial charge in [0, 0.05) is 12.8 Å². The number of rotatable bonds is 4. The van der Waals surface area contributed by atoms with E-state index in [1.807, 2.05) is 7.05 Å². The van der Waals surface area contributed by atoms with Crippen molar-refractivity contribution < 1.29 is 0 Å². The molecule has 0 aliphatic heterocycles. The SMILES string of the molecule is CC/C=C\C(=NC)C(C)CC. The van der Waals surface area contributed by atoms with Crippen LogP contribution in [0.15, 0.2) is 17.1 Å². The van der Waals surface area contributed by atoms with E-state index in [9.17, 15) is 0 Å². The number of allylic oxidation sites excluding steroid dienone is 2. The second-order valence-electron chi connectivity index (χ2n) is 2.77. The Kier molecular flexibility index (Phi) is 5.81. The van der Waals surface area contributed by atoms with Crippen LogP contribution in [0.5, 0.6) is 0 Å². The summed E-state index contributed by atoms with van der Waals surface area (Å²) in [7, 11) is 1.86. The fourth-order valence-corrected chi connectivity index (χ4v) is 0.907. The minimum Gasteiger partial charge on any atom is -0.293 e. The van der Waals surface area contributed by atoms with Crippen molar-refractivity contribution in [1.82, 2.24) is 0 Å². The molecule has 0 fully saturated rings. The standard InChI is InChI=1S/C10H19N/c1-5-7-8-10(11-4)9(3)6-2/h7-9H,5-6H2,1-4H3/b8-7-,11-10?. The van der Waals surface area contributed by atoms with Gasteiger partial charge < -0.3 is 0 Å². The zero-order chi connectivity index (χ0) is 8.69.